The fourth-order valence-electron chi connectivity index (χ4n) is 1.93. The maximum Gasteiger partial charge on any atom is 0.223 e. The fraction of sp³-hybridized carbons (Fsp3) is 0.636. The number of amides is 1. The number of hydrogen-bond acceptors (Lipinski definition) is 2. The van der Waals surface area contributed by atoms with Crippen molar-refractivity contribution in [3.63, 3.8) is 0 Å². The minimum absolute atomic E-state index is 0.231. The maximum absolute atomic E-state index is 11.8. The SMILES string of the molecule is Cc1nc2c([nH]1)CN(C(=O)CC(C)C)C2. The van der Waals surface area contributed by atoms with E-state index in [0.29, 0.717) is 25.4 Å². The first kappa shape index (κ1) is 10.2. The third-order valence-corrected chi connectivity index (χ3v) is 2.61. The van der Waals surface area contributed by atoms with Crippen molar-refractivity contribution in [1.82, 2.24) is 14.9 Å². The lowest BCUT2D eigenvalue weighted by molar-refractivity contribution is -0.132. The zero-order chi connectivity index (χ0) is 11.0. The Morgan fingerprint density at radius 3 is 2.87 bits per heavy atom. The topological polar surface area (TPSA) is 49.0 Å². The summed E-state index contributed by atoms with van der Waals surface area (Å²) in [6, 6.07) is 0. The molecule has 1 N–H and O–H groups in total. The van der Waals surface area contributed by atoms with Gasteiger partial charge in [-0.2, -0.15) is 0 Å². The summed E-state index contributed by atoms with van der Waals surface area (Å²) >= 11 is 0. The third kappa shape index (κ3) is 2.03. The van der Waals surface area contributed by atoms with Crippen LogP contribution in [0.3, 0.4) is 0 Å². The number of H-pyrrole nitrogens is 1. The Morgan fingerprint density at radius 1 is 1.53 bits per heavy atom. The van der Waals surface area contributed by atoms with Gasteiger partial charge in [-0.15, -0.1) is 0 Å². The first-order chi connectivity index (χ1) is 7.06. The predicted octanol–water partition coefficient (Wildman–Crippen LogP) is 1.61. The van der Waals surface area contributed by atoms with Crippen LogP contribution in [0.2, 0.25) is 0 Å². The first-order valence-corrected chi connectivity index (χ1v) is 5.38. The van der Waals surface area contributed by atoms with E-state index in [-0.39, 0.29) is 5.91 Å². The molecule has 0 aromatic carbocycles. The third-order valence-electron chi connectivity index (χ3n) is 2.61. The van der Waals surface area contributed by atoms with Gasteiger partial charge in [0.2, 0.25) is 5.91 Å². The van der Waals surface area contributed by atoms with E-state index in [0.717, 1.165) is 17.2 Å². The van der Waals surface area contributed by atoms with E-state index in [1.807, 2.05) is 11.8 Å². The molecule has 1 aromatic rings. The zero-order valence-electron chi connectivity index (χ0n) is 9.50. The van der Waals surface area contributed by atoms with Crippen LogP contribution in [-0.2, 0) is 17.9 Å². The molecule has 0 radical (unpaired) electrons. The van der Waals surface area contributed by atoms with E-state index in [1.54, 1.807) is 0 Å². The van der Waals surface area contributed by atoms with Gasteiger partial charge in [-0.05, 0) is 12.8 Å². The summed E-state index contributed by atoms with van der Waals surface area (Å²) < 4.78 is 0. The lowest BCUT2D eigenvalue weighted by Crippen LogP contribution is -2.26. The van der Waals surface area contributed by atoms with Crippen LogP contribution in [-0.4, -0.2) is 20.8 Å². The van der Waals surface area contributed by atoms with Crippen molar-refractivity contribution in [2.24, 2.45) is 5.92 Å². The molecule has 4 nitrogen and oxygen atoms in total. The van der Waals surface area contributed by atoms with E-state index >= 15 is 0 Å². The number of carbonyl (C=O) groups is 1. The Morgan fingerprint density at radius 2 is 2.27 bits per heavy atom. The van der Waals surface area contributed by atoms with Gasteiger partial charge in [-0.25, -0.2) is 4.98 Å². The number of rotatable bonds is 2. The number of nitrogens with one attached hydrogen (secondary N) is 1. The number of carbonyl (C=O) groups excluding carboxylic acids is 1. The summed E-state index contributed by atoms with van der Waals surface area (Å²) in [4.78, 5) is 21.2. The lowest BCUT2D eigenvalue weighted by Gasteiger charge is -2.16. The van der Waals surface area contributed by atoms with Crippen LogP contribution < -0.4 is 0 Å². The van der Waals surface area contributed by atoms with Crippen LogP contribution in [0.25, 0.3) is 0 Å². The van der Waals surface area contributed by atoms with Gasteiger partial charge in [0, 0.05) is 6.42 Å². The molecule has 1 aliphatic heterocycles. The Hall–Kier alpha value is -1.32. The van der Waals surface area contributed by atoms with E-state index < -0.39 is 0 Å². The van der Waals surface area contributed by atoms with Crippen LogP contribution in [0.5, 0.6) is 0 Å². The normalized spacial score (nSPS) is 14.8. The molecule has 15 heavy (non-hydrogen) atoms. The zero-order valence-corrected chi connectivity index (χ0v) is 9.50. The number of imidazole rings is 1. The quantitative estimate of drug-likeness (QED) is 0.801. The molecule has 1 amide bonds. The molecule has 2 heterocycles. The van der Waals surface area contributed by atoms with Gasteiger partial charge in [-0.1, -0.05) is 13.8 Å². The van der Waals surface area contributed by atoms with E-state index in [4.69, 9.17) is 0 Å². The van der Waals surface area contributed by atoms with Gasteiger partial charge >= 0.3 is 0 Å². The average molecular weight is 207 g/mol. The number of aromatic amines is 1. The summed E-state index contributed by atoms with van der Waals surface area (Å²) in [6.45, 7) is 7.44. The summed E-state index contributed by atoms with van der Waals surface area (Å²) in [7, 11) is 0. The van der Waals surface area contributed by atoms with Gasteiger partial charge in [-0.3, -0.25) is 4.79 Å². The molecule has 0 saturated heterocycles. The maximum atomic E-state index is 11.8. The lowest BCUT2D eigenvalue weighted by atomic mass is 10.1. The molecule has 0 unspecified atom stereocenters. The highest BCUT2D eigenvalue weighted by molar-refractivity contribution is 5.76. The Labute approximate surface area is 89.7 Å². The van der Waals surface area contributed by atoms with Crippen LogP contribution in [0.1, 0.15) is 37.5 Å². The van der Waals surface area contributed by atoms with Gasteiger partial charge in [0.15, 0.2) is 0 Å². The van der Waals surface area contributed by atoms with Gasteiger partial charge in [0.1, 0.15) is 5.82 Å². The Bertz CT molecular complexity index is 358. The van der Waals surface area contributed by atoms with Gasteiger partial charge in [0.05, 0.1) is 24.5 Å². The van der Waals surface area contributed by atoms with Crippen molar-refractivity contribution >= 4 is 5.91 Å². The van der Waals surface area contributed by atoms with Crippen molar-refractivity contribution in [3.05, 3.63) is 17.2 Å². The minimum Gasteiger partial charge on any atom is -0.344 e. The molecule has 2 rings (SSSR count). The van der Waals surface area contributed by atoms with Crippen LogP contribution in [0, 0.1) is 12.8 Å². The molecule has 1 aliphatic rings. The molecule has 0 spiro atoms. The summed E-state index contributed by atoms with van der Waals surface area (Å²) in [5.74, 6) is 1.59. The molecule has 0 fully saturated rings. The average Bonchev–Trinajstić information content (AvgIpc) is 2.58. The number of aryl methyl sites for hydroxylation is 1. The monoisotopic (exact) mass is 207 g/mol. The number of aromatic nitrogens is 2. The van der Waals surface area contributed by atoms with Crippen molar-refractivity contribution in [1.29, 1.82) is 0 Å². The molecule has 0 bridgehead atoms. The van der Waals surface area contributed by atoms with Gasteiger partial charge < -0.3 is 9.88 Å². The standard InChI is InChI=1S/C11H17N3O/c1-7(2)4-11(15)14-5-9-10(6-14)13-8(3)12-9/h7H,4-6H2,1-3H3,(H,12,13). The summed E-state index contributed by atoms with van der Waals surface area (Å²) in [5, 5.41) is 0. The molecule has 4 heteroatoms. The van der Waals surface area contributed by atoms with Crippen molar-refractivity contribution in [2.45, 2.75) is 40.3 Å². The Kier molecular flexibility index (Phi) is 2.50. The van der Waals surface area contributed by atoms with Crippen LogP contribution in [0.4, 0.5) is 0 Å². The molecular weight excluding hydrogens is 190 g/mol. The summed E-state index contributed by atoms with van der Waals surface area (Å²) in [5.41, 5.74) is 2.13. The second-order valence-electron chi connectivity index (χ2n) is 4.60. The molecule has 1 aromatic heterocycles. The fourth-order valence-corrected chi connectivity index (χ4v) is 1.93. The highest BCUT2D eigenvalue weighted by atomic mass is 16.2. The number of fused-ring (bicyclic) bond motifs is 1. The first-order valence-electron chi connectivity index (χ1n) is 5.38. The predicted molar refractivity (Wildman–Crippen MR) is 57.0 cm³/mol. The molecule has 0 atom stereocenters. The second kappa shape index (κ2) is 3.68. The highest BCUT2D eigenvalue weighted by Crippen LogP contribution is 2.21. The second-order valence-corrected chi connectivity index (χ2v) is 4.60. The molecule has 0 aliphatic carbocycles. The van der Waals surface area contributed by atoms with E-state index in [2.05, 4.69) is 23.8 Å². The van der Waals surface area contributed by atoms with Gasteiger partial charge in [0.25, 0.3) is 0 Å². The largest absolute Gasteiger partial charge is 0.344 e. The molecular formula is C11H17N3O. The van der Waals surface area contributed by atoms with E-state index in [1.165, 1.54) is 0 Å². The smallest absolute Gasteiger partial charge is 0.223 e. The Balaban J connectivity index is 2.01. The number of nitrogens with zero attached hydrogens (tertiary/aromatic N) is 2. The highest BCUT2D eigenvalue weighted by Gasteiger charge is 2.26. The minimum atomic E-state index is 0.231. The van der Waals surface area contributed by atoms with Crippen LogP contribution in [0.15, 0.2) is 0 Å². The van der Waals surface area contributed by atoms with Crippen molar-refractivity contribution in [3.8, 4) is 0 Å². The van der Waals surface area contributed by atoms with E-state index in [9.17, 15) is 4.79 Å². The van der Waals surface area contributed by atoms with Crippen molar-refractivity contribution < 1.29 is 4.79 Å². The van der Waals surface area contributed by atoms with Crippen molar-refractivity contribution in [2.75, 3.05) is 0 Å². The number of hydrogen-bond donors (Lipinski definition) is 1. The van der Waals surface area contributed by atoms with Crippen LogP contribution >= 0.6 is 0 Å². The molecule has 82 valence electrons. The molecule has 0 saturated carbocycles. The summed E-state index contributed by atoms with van der Waals surface area (Å²) in [6.07, 6.45) is 0.628.